The minimum atomic E-state index is -3.67. The number of hydrogen-bond acceptors (Lipinski definition) is 4. The zero-order chi connectivity index (χ0) is 11.8. The molecule has 2 heterocycles. The highest BCUT2D eigenvalue weighted by Crippen LogP contribution is 2.21. The van der Waals surface area contributed by atoms with Crippen LogP contribution in [0.5, 0.6) is 0 Å². The Bertz CT molecular complexity index is 460. The molecule has 1 aromatic heterocycles. The minimum Gasteiger partial charge on any atom is -0.306 e. The fraction of sp³-hybridized carbons (Fsp3) is 0.667. The fourth-order valence-corrected chi connectivity index (χ4v) is 2.39. The van der Waals surface area contributed by atoms with E-state index in [9.17, 15) is 8.42 Å². The Hall–Kier alpha value is -0.920. The molecule has 0 amide bonds. The normalized spacial score (nSPS) is 20.1. The van der Waals surface area contributed by atoms with Crippen molar-refractivity contribution in [1.29, 1.82) is 0 Å². The summed E-state index contributed by atoms with van der Waals surface area (Å²) in [5, 5.41) is 8.98. The molecule has 1 aromatic rings. The van der Waals surface area contributed by atoms with Crippen molar-refractivity contribution in [3.63, 3.8) is 0 Å². The smallest absolute Gasteiger partial charge is 0.257 e. The van der Waals surface area contributed by atoms with Crippen LogP contribution in [0.25, 0.3) is 0 Å². The van der Waals surface area contributed by atoms with Crippen molar-refractivity contribution in [2.24, 2.45) is 5.14 Å². The Kier molecular flexibility index (Phi) is 3.00. The summed E-state index contributed by atoms with van der Waals surface area (Å²) < 4.78 is 23.9. The Balaban J connectivity index is 2.14. The highest BCUT2D eigenvalue weighted by Gasteiger charge is 2.20. The van der Waals surface area contributed by atoms with Gasteiger partial charge in [0.05, 0.1) is 6.04 Å². The topological polar surface area (TPSA) is 81.2 Å². The highest BCUT2D eigenvalue weighted by atomic mass is 32.2. The van der Waals surface area contributed by atoms with Gasteiger partial charge in [0.15, 0.2) is 5.03 Å². The van der Waals surface area contributed by atoms with E-state index in [4.69, 9.17) is 5.14 Å². The van der Waals surface area contributed by atoms with Gasteiger partial charge in [-0.25, -0.2) is 13.6 Å². The van der Waals surface area contributed by atoms with Gasteiger partial charge in [-0.1, -0.05) is 0 Å². The van der Waals surface area contributed by atoms with Crippen LogP contribution in [0.3, 0.4) is 0 Å². The van der Waals surface area contributed by atoms with Crippen molar-refractivity contribution in [1.82, 2.24) is 14.7 Å². The molecule has 0 atom stereocenters. The summed E-state index contributed by atoms with van der Waals surface area (Å²) in [7, 11) is -1.60. The van der Waals surface area contributed by atoms with E-state index in [-0.39, 0.29) is 11.1 Å². The largest absolute Gasteiger partial charge is 0.306 e. The van der Waals surface area contributed by atoms with Crippen LogP contribution in [0.1, 0.15) is 18.9 Å². The minimum absolute atomic E-state index is 0.0496. The molecule has 1 aliphatic rings. The Morgan fingerprint density at radius 3 is 2.56 bits per heavy atom. The van der Waals surface area contributed by atoms with Gasteiger partial charge >= 0.3 is 0 Å². The van der Waals surface area contributed by atoms with Gasteiger partial charge < -0.3 is 4.90 Å². The molecule has 2 rings (SSSR count). The van der Waals surface area contributed by atoms with Crippen molar-refractivity contribution in [3.8, 4) is 0 Å². The molecule has 1 fully saturated rings. The van der Waals surface area contributed by atoms with Crippen molar-refractivity contribution in [2.45, 2.75) is 23.9 Å². The molecule has 1 aliphatic heterocycles. The third-order valence-corrected chi connectivity index (χ3v) is 3.74. The van der Waals surface area contributed by atoms with E-state index in [2.05, 4.69) is 17.0 Å². The first-order valence-corrected chi connectivity index (χ1v) is 6.78. The molecular formula is C9H16N4O2S. The number of likely N-dealkylation sites (tertiary alicyclic amines) is 1. The lowest BCUT2D eigenvalue weighted by molar-refractivity contribution is 0.211. The van der Waals surface area contributed by atoms with E-state index in [1.54, 1.807) is 10.9 Å². The SMILES string of the molecule is CN1CCC(n2ccc(S(N)(=O)=O)n2)CC1. The monoisotopic (exact) mass is 244 g/mol. The zero-order valence-corrected chi connectivity index (χ0v) is 10.0. The molecule has 0 aliphatic carbocycles. The van der Waals surface area contributed by atoms with Gasteiger partial charge in [-0.2, -0.15) is 5.10 Å². The Morgan fingerprint density at radius 2 is 2.06 bits per heavy atom. The lowest BCUT2D eigenvalue weighted by Gasteiger charge is -2.28. The summed E-state index contributed by atoms with van der Waals surface area (Å²) in [5.74, 6) is 0. The van der Waals surface area contributed by atoms with E-state index in [1.807, 2.05) is 0 Å². The number of piperidine rings is 1. The summed E-state index contributed by atoms with van der Waals surface area (Å²) >= 11 is 0. The number of primary sulfonamides is 1. The van der Waals surface area contributed by atoms with E-state index in [0.717, 1.165) is 25.9 Å². The van der Waals surface area contributed by atoms with Crippen molar-refractivity contribution in [3.05, 3.63) is 12.3 Å². The fourth-order valence-electron chi connectivity index (χ4n) is 1.94. The van der Waals surface area contributed by atoms with Crippen LogP contribution in [0.4, 0.5) is 0 Å². The summed E-state index contributed by atoms with van der Waals surface area (Å²) in [6.45, 7) is 2.02. The molecular weight excluding hydrogens is 228 g/mol. The average molecular weight is 244 g/mol. The molecule has 2 N–H and O–H groups in total. The number of nitrogens with two attached hydrogens (primary N) is 1. The first-order chi connectivity index (χ1) is 7.47. The van der Waals surface area contributed by atoms with Crippen molar-refractivity contribution in [2.75, 3.05) is 20.1 Å². The highest BCUT2D eigenvalue weighted by molar-refractivity contribution is 7.89. The zero-order valence-electron chi connectivity index (χ0n) is 9.20. The third-order valence-electron chi connectivity index (χ3n) is 2.94. The number of nitrogens with zero attached hydrogens (tertiary/aromatic N) is 3. The maximum Gasteiger partial charge on any atom is 0.257 e. The van der Waals surface area contributed by atoms with Gasteiger partial charge in [0, 0.05) is 6.20 Å². The standard InChI is InChI=1S/C9H16N4O2S/c1-12-5-2-8(3-6-12)13-7-4-9(11-13)16(10,14)15/h4,7-8H,2-3,5-6H2,1H3,(H2,10,14,15). The molecule has 1 saturated heterocycles. The van der Waals surface area contributed by atoms with Gasteiger partial charge in [0.25, 0.3) is 10.0 Å². The van der Waals surface area contributed by atoms with Crippen LogP contribution in [0.2, 0.25) is 0 Å². The van der Waals surface area contributed by atoms with Crippen LogP contribution in [0.15, 0.2) is 17.3 Å². The second-order valence-corrected chi connectivity index (χ2v) is 5.72. The third kappa shape index (κ3) is 2.42. The summed E-state index contributed by atoms with van der Waals surface area (Å²) in [5.41, 5.74) is 0. The number of aromatic nitrogens is 2. The molecule has 6 nitrogen and oxygen atoms in total. The van der Waals surface area contributed by atoms with Crippen LogP contribution in [0, 0.1) is 0 Å². The maximum absolute atomic E-state index is 11.1. The quantitative estimate of drug-likeness (QED) is 0.781. The van der Waals surface area contributed by atoms with E-state index in [0.29, 0.717) is 0 Å². The van der Waals surface area contributed by atoms with E-state index >= 15 is 0 Å². The molecule has 16 heavy (non-hydrogen) atoms. The lowest BCUT2D eigenvalue weighted by Crippen LogP contribution is -2.31. The molecule has 0 unspecified atom stereocenters. The summed E-state index contributed by atoms with van der Waals surface area (Å²) in [6, 6.07) is 1.74. The van der Waals surface area contributed by atoms with Crippen LogP contribution >= 0.6 is 0 Å². The van der Waals surface area contributed by atoms with Gasteiger partial charge in [-0.05, 0) is 39.0 Å². The van der Waals surface area contributed by atoms with Crippen LogP contribution in [-0.2, 0) is 10.0 Å². The number of sulfonamides is 1. The first-order valence-electron chi connectivity index (χ1n) is 5.23. The number of hydrogen-bond donors (Lipinski definition) is 1. The van der Waals surface area contributed by atoms with Gasteiger partial charge in [-0.3, -0.25) is 4.68 Å². The Labute approximate surface area is 95.1 Å². The predicted octanol–water partition coefficient (Wildman–Crippen LogP) is -0.203. The van der Waals surface area contributed by atoms with Crippen LogP contribution < -0.4 is 5.14 Å². The molecule has 0 radical (unpaired) electrons. The number of rotatable bonds is 2. The van der Waals surface area contributed by atoms with E-state index in [1.165, 1.54) is 6.07 Å². The second kappa shape index (κ2) is 4.15. The molecule has 0 aromatic carbocycles. The van der Waals surface area contributed by atoms with Gasteiger partial charge in [0.2, 0.25) is 0 Å². The summed E-state index contributed by atoms with van der Waals surface area (Å²) in [4.78, 5) is 2.25. The predicted molar refractivity (Wildman–Crippen MR) is 59.4 cm³/mol. The van der Waals surface area contributed by atoms with Crippen molar-refractivity contribution >= 4 is 10.0 Å². The lowest BCUT2D eigenvalue weighted by atomic mass is 10.1. The summed E-state index contributed by atoms with van der Waals surface area (Å²) in [6.07, 6.45) is 3.67. The maximum atomic E-state index is 11.1. The van der Waals surface area contributed by atoms with Gasteiger partial charge in [0.1, 0.15) is 0 Å². The van der Waals surface area contributed by atoms with Crippen LogP contribution in [-0.4, -0.2) is 43.2 Å². The van der Waals surface area contributed by atoms with Crippen molar-refractivity contribution < 1.29 is 8.42 Å². The molecule has 90 valence electrons. The molecule has 0 spiro atoms. The average Bonchev–Trinajstić information content (AvgIpc) is 2.67. The second-order valence-electron chi connectivity index (χ2n) is 4.21. The Morgan fingerprint density at radius 1 is 1.44 bits per heavy atom. The van der Waals surface area contributed by atoms with E-state index < -0.39 is 10.0 Å². The molecule has 7 heteroatoms. The molecule has 0 bridgehead atoms. The van der Waals surface area contributed by atoms with Gasteiger partial charge in [-0.15, -0.1) is 0 Å². The molecule has 0 saturated carbocycles. The first kappa shape index (κ1) is 11.6.